The van der Waals surface area contributed by atoms with Crippen LogP contribution in [-0.4, -0.2) is 33.3 Å². The predicted molar refractivity (Wildman–Crippen MR) is 121 cm³/mol. The van der Waals surface area contributed by atoms with E-state index in [1.807, 2.05) is 0 Å². The number of hydrogen-bond acceptors (Lipinski definition) is 8. The van der Waals surface area contributed by atoms with Crippen molar-refractivity contribution in [3.05, 3.63) is 82.4 Å². The summed E-state index contributed by atoms with van der Waals surface area (Å²) >= 11 is 0. The highest BCUT2D eigenvalue weighted by Gasteiger charge is 2.22. The molecule has 0 radical (unpaired) electrons. The first-order valence-corrected chi connectivity index (χ1v) is 11.0. The van der Waals surface area contributed by atoms with Gasteiger partial charge < -0.3 is 9.47 Å². The fourth-order valence-corrected chi connectivity index (χ4v) is 3.91. The molecule has 3 aromatic carbocycles. The van der Waals surface area contributed by atoms with E-state index in [1.165, 1.54) is 31.4 Å². The second-order valence-corrected chi connectivity index (χ2v) is 8.21. The first-order valence-electron chi connectivity index (χ1n) is 9.48. The summed E-state index contributed by atoms with van der Waals surface area (Å²) in [5, 5.41) is 15.4. The molecule has 0 unspecified atom stereocenters. The number of hydrogen-bond donors (Lipinski definition) is 2. The minimum Gasteiger partial charge on any atom is -0.495 e. The lowest BCUT2D eigenvalue weighted by atomic mass is 10.2. The van der Waals surface area contributed by atoms with E-state index in [-0.39, 0.29) is 33.3 Å². The number of anilines is 2. The Kier molecular flexibility index (Phi) is 7.58. The molecule has 0 saturated heterocycles. The van der Waals surface area contributed by atoms with Crippen molar-refractivity contribution in [3.63, 3.8) is 0 Å². The largest absolute Gasteiger partial charge is 0.495 e. The van der Waals surface area contributed by atoms with E-state index in [0.29, 0.717) is 0 Å². The highest BCUT2D eigenvalue weighted by Crippen LogP contribution is 2.31. The first kappa shape index (κ1) is 24.4. The van der Waals surface area contributed by atoms with Gasteiger partial charge in [-0.2, -0.15) is 13.9 Å². The number of benzene rings is 3. The standard InChI is InChI=1S/C21H18F2N4O6S/c1-32-20-9-5-3-7-17(20)26-34(30,31)15-10-11-16(18(12-15)27(28)29)25-24-13-14-6-2-4-8-19(14)33-21(22)23/h2-13,21,25-26H,1H3. The van der Waals surface area contributed by atoms with Crippen LogP contribution in [-0.2, 0) is 10.0 Å². The Balaban J connectivity index is 1.85. The van der Waals surface area contributed by atoms with Crippen LogP contribution in [0.3, 0.4) is 0 Å². The Morgan fingerprint density at radius 3 is 2.38 bits per heavy atom. The van der Waals surface area contributed by atoms with Crippen molar-refractivity contribution in [1.82, 2.24) is 0 Å². The number of sulfonamides is 1. The highest BCUT2D eigenvalue weighted by molar-refractivity contribution is 7.92. The van der Waals surface area contributed by atoms with Crippen LogP contribution >= 0.6 is 0 Å². The highest BCUT2D eigenvalue weighted by atomic mass is 32.2. The monoisotopic (exact) mass is 492 g/mol. The molecule has 2 N–H and O–H groups in total. The normalized spacial score (nSPS) is 11.4. The van der Waals surface area contributed by atoms with Crippen molar-refractivity contribution < 1.29 is 31.6 Å². The fourth-order valence-electron chi connectivity index (χ4n) is 2.82. The van der Waals surface area contributed by atoms with Crippen LogP contribution in [0.4, 0.5) is 25.8 Å². The molecule has 0 heterocycles. The van der Waals surface area contributed by atoms with Gasteiger partial charge in [-0.05, 0) is 36.4 Å². The topological polar surface area (TPSA) is 132 Å². The van der Waals surface area contributed by atoms with Crippen molar-refractivity contribution in [2.75, 3.05) is 17.3 Å². The lowest BCUT2D eigenvalue weighted by Gasteiger charge is -2.12. The molecule has 10 nitrogen and oxygen atoms in total. The SMILES string of the molecule is COc1ccccc1NS(=O)(=O)c1ccc(NN=Cc2ccccc2OC(F)F)c([N+](=O)[O-])c1. The number of methoxy groups -OCH3 is 1. The first-order chi connectivity index (χ1) is 16.2. The average molecular weight is 492 g/mol. The summed E-state index contributed by atoms with van der Waals surface area (Å²) in [5.41, 5.74) is 2.08. The van der Waals surface area contributed by atoms with E-state index in [2.05, 4.69) is 20.0 Å². The summed E-state index contributed by atoms with van der Waals surface area (Å²) in [7, 11) is -2.82. The Bertz CT molecular complexity index is 1320. The molecule has 0 bridgehead atoms. The van der Waals surface area contributed by atoms with Crippen molar-refractivity contribution in [3.8, 4) is 11.5 Å². The quantitative estimate of drug-likeness (QED) is 0.243. The number of nitro benzene ring substituents is 1. The van der Waals surface area contributed by atoms with Gasteiger partial charge in [0.2, 0.25) is 0 Å². The van der Waals surface area contributed by atoms with Crippen LogP contribution in [0.2, 0.25) is 0 Å². The Hall–Kier alpha value is -4.26. The summed E-state index contributed by atoms with van der Waals surface area (Å²) < 4.78 is 62.4. The molecule has 0 aromatic heterocycles. The van der Waals surface area contributed by atoms with Crippen molar-refractivity contribution in [2.45, 2.75) is 11.5 Å². The Morgan fingerprint density at radius 1 is 1.03 bits per heavy atom. The van der Waals surface area contributed by atoms with Crippen LogP contribution in [0.25, 0.3) is 0 Å². The van der Waals surface area contributed by atoms with Crippen LogP contribution < -0.4 is 19.6 Å². The smallest absolute Gasteiger partial charge is 0.387 e. The second kappa shape index (κ2) is 10.6. The second-order valence-electron chi connectivity index (χ2n) is 6.53. The fraction of sp³-hybridized carbons (Fsp3) is 0.0952. The summed E-state index contributed by atoms with van der Waals surface area (Å²) in [5.74, 6) is 0.130. The molecule has 0 aliphatic carbocycles. The van der Waals surface area contributed by atoms with Gasteiger partial charge in [0.05, 0.1) is 28.8 Å². The number of para-hydroxylation sites is 3. The Labute approximate surface area is 193 Å². The number of rotatable bonds is 10. The number of halogens is 2. The molecule has 0 fully saturated rings. The number of alkyl halides is 2. The molecule has 178 valence electrons. The average Bonchev–Trinajstić information content (AvgIpc) is 2.80. The molecule has 3 rings (SSSR count). The third-order valence-corrected chi connectivity index (χ3v) is 5.71. The zero-order chi connectivity index (χ0) is 24.7. The minimum atomic E-state index is -4.19. The molecule has 13 heteroatoms. The zero-order valence-corrected chi connectivity index (χ0v) is 18.3. The summed E-state index contributed by atoms with van der Waals surface area (Å²) in [4.78, 5) is 10.4. The maximum absolute atomic E-state index is 12.8. The van der Waals surface area contributed by atoms with E-state index >= 15 is 0 Å². The lowest BCUT2D eigenvalue weighted by Crippen LogP contribution is -2.14. The zero-order valence-electron chi connectivity index (χ0n) is 17.5. The van der Waals surface area contributed by atoms with Gasteiger partial charge in [0.25, 0.3) is 15.7 Å². The van der Waals surface area contributed by atoms with Gasteiger partial charge in [-0.3, -0.25) is 20.3 Å². The van der Waals surface area contributed by atoms with Gasteiger partial charge >= 0.3 is 6.61 Å². The molecule has 0 aliphatic heterocycles. The molecule has 0 saturated carbocycles. The summed E-state index contributed by atoms with van der Waals surface area (Å²) in [6.45, 7) is -3.04. The van der Waals surface area contributed by atoms with Gasteiger partial charge in [-0.1, -0.05) is 24.3 Å². The third-order valence-electron chi connectivity index (χ3n) is 4.35. The summed E-state index contributed by atoms with van der Waals surface area (Å²) in [6, 6.07) is 15.3. The van der Waals surface area contributed by atoms with E-state index in [9.17, 15) is 27.3 Å². The van der Waals surface area contributed by atoms with E-state index < -0.39 is 27.2 Å². The van der Waals surface area contributed by atoms with Crippen LogP contribution in [0.5, 0.6) is 11.5 Å². The maximum Gasteiger partial charge on any atom is 0.387 e. The molecule has 0 atom stereocenters. The number of nitro groups is 1. The number of nitrogens with zero attached hydrogens (tertiary/aromatic N) is 2. The number of nitrogens with one attached hydrogen (secondary N) is 2. The predicted octanol–water partition coefficient (Wildman–Crippen LogP) is 4.45. The van der Waals surface area contributed by atoms with Crippen molar-refractivity contribution in [2.24, 2.45) is 5.10 Å². The van der Waals surface area contributed by atoms with Crippen LogP contribution in [0.1, 0.15) is 5.56 Å². The molecule has 0 spiro atoms. The van der Waals surface area contributed by atoms with Gasteiger partial charge in [-0.15, -0.1) is 0 Å². The Morgan fingerprint density at radius 2 is 1.71 bits per heavy atom. The molecule has 34 heavy (non-hydrogen) atoms. The van der Waals surface area contributed by atoms with Gasteiger partial charge in [0, 0.05) is 11.6 Å². The van der Waals surface area contributed by atoms with Gasteiger partial charge in [0.1, 0.15) is 17.2 Å². The lowest BCUT2D eigenvalue weighted by molar-refractivity contribution is -0.384. The van der Waals surface area contributed by atoms with Crippen LogP contribution in [0.15, 0.2) is 76.7 Å². The van der Waals surface area contributed by atoms with Crippen molar-refractivity contribution in [1.29, 1.82) is 0 Å². The summed E-state index contributed by atoms with van der Waals surface area (Å²) in [6.07, 6.45) is 1.13. The van der Waals surface area contributed by atoms with E-state index in [1.54, 1.807) is 24.3 Å². The molecular weight excluding hydrogens is 474 g/mol. The molecule has 3 aromatic rings. The third kappa shape index (κ3) is 5.95. The van der Waals surface area contributed by atoms with E-state index in [4.69, 9.17) is 4.74 Å². The maximum atomic E-state index is 12.8. The number of ether oxygens (including phenoxy) is 2. The van der Waals surface area contributed by atoms with Crippen molar-refractivity contribution >= 4 is 33.3 Å². The minimum absolute atomic E-state index is 0.121. The number of hydrazone groups is 1. The molecular formula is C21H18F2N4O6S. The van der Waals surface area contributed by atoms with E-state index in [0.717, 1.165) is 24.4 Å². The van der Waals surface area contributed by atoms with Gasteiger partial charge in [0.15, 0.2) is 0 Å². The van der Waals surface area contributed by atoms with Gasteiger partial charge in [-0.25, -0.2) is 8.42 Å². The molecule has 0 aliphatic rings. The van der Waals surface area contributed by atoms with Crippen LogP contribution in [0, 0.1) is 10.1 Å². The molecule has 0 amide bonds.